The number of nitrogens with one attached hydrogen (secondary N) is 1. The molecule has 1 fully saturated rings. The van der Waals surface area contributed by atoms with Gasteiger partial charge in [-0.3, -0.25) is 9.78 Å². The summed E-state index contributed by atoms with van der Waals surface area (Å²) in [6.07, 6.45) is 5.53. The number of aryl methyl sites for hydroxylation is 1. The van der Waals surface area contributed by atoms with Crippen LogP contribution in [0.2, 0.25) is 5.02 Å². The van der Waals surface area contributed by atoms with Crippen molar-refractivity contribution in [3.63, 3.8) is 0 Å². The fraction of sp³-hybridized carbons (Fsp3) is 0.389. The summed E-state index contributed by atoms with van der Waals surface area (Å²) < 4.78 is 0. The molecule has 0 unspecified atom stereocenters. The molecule has 0 aliphatic carbocycles. The van der Waals surface area contributed by atoms with E-state index >= 15 is 0 Å². The number of piperidine rings is 1. The first-order valence-electron chi connectivity index (χ1n) is 8.17. The van der Waals surface area contributed by atoms with E-state index < -0.39 is 0 Å². The van der Waals surface area contributed by atoms with Crippen LogP contribution in [-0.2, 0) is 0 Å². The molecular formula is C18H21ClN4O. The minimum absolute atomic E-state index is 0.000461. The normalized spacial score (nSPS) is 17.6. The van der Waals surface area contributed by atoms with Gasteiger partial charge in [-0.1, -0.05) is 18.5 Å². The highest BCUT2D eigenvalue weighted by Crippen LogP contribution is 2.25. The molecule has 1 amide bonds. The fourth-order valence-electron chi connectivity index (χ4n) is 2.88. The van der Waals surface area contributed by atoms with Crippen LogP contribution in [0.4, 0.5) is 11.5 Å². The second kappa shape index (κ2) is 7.18. The van der Waals surface area contributed by atoms with E-state index in [4.69, 9.17) is 11.6 Å². The van der Waals surface area contributed by atoms with Crippen LogP contribution in [0.5, 0.6) is 0 Å². The zero-order chi connectivity index (χ0) is 17.1. The molecule has 3 rings (SSSR count). The third-order valence-corrected chi connectivity index (χ3v) is 4.49. The Hall–Kier alpha value is -2.14. The predicted molar refractivity (Wildman–Crippen MR) is 95.8 cm³/mol. The van der Waals surface area contributed by atoms with Crippen LogP contribution in [0.15, 0.2) is 30.6 Å². The Kier molecular flexibility index (Phi) is 5.00. The highest BCUT2D eigenvalue weighted by molar-refractivity contribution is 6.33. The van der Waals surface area contributed by atoms with Crippen LogP contribution in [-0.4, -0.2) is 33.9 Å². The maximum atomic E-state index is 12.6. The maximum absolute atomic E-state index is 12.6. The van der Waals surface area contributed by atoms with Gasteiger partial charge in [0.05, 0.1) is 22.5 Å². The summed E-state index contributed by atoms with van der Waals surface area (Å²) in [4.78, 5) is 23.0. The summed E-state index contributed by atoms with van der Waals surface area (Å²) in [5.41, 5.74) is 2.27. The smallest absolute Gasteiger partial charge is 0.255 e. The van der Waals surface area contributed by atoms with Crippen LogP contribution in [0.25, 0.3) is 0 Å². The monoisotopic (exact) mass is 344 g/mol. The molecule has 0 spiro atoms. The quantitative estimate of drug-likeness (QED) is 0.912. The van der Waals surface area contributed by atoms with Gasteiger partial charge in [0.1, 0.15) is 5.82 Å². The molecular weight excluding hydrogens is 324 g/mol. The molecule has 1 N–H and O–H groups in total. The standard InChI is InChI=1S/C18H21ClN4O/c1-12-4-3-7-23(11-12)18(24)14-8-16(19)17(21-9-14)22-15-6-5-13(2)20-10-15/h5-6,8-10,12H,3-4,7,11H2,1-2H3,(H,21,22)/t12-/m0/s1. The van der Waals surface area contributed by atoms with Gasteiger partial charge in [-0.15, -0.1) is 0 Å². The third-order valence-electron chi connectivity index (χ3n) is 4.21. The second-order valence-corrected chi connectivity index (χ2v) is 6.77. The van der Waals surface area contributed by atoms with Gasteiger partial charge in [0, 0.05) is 25.0 Å². The zero-order valence-electron chi connectivity index (χ0n) is 13.9. The molecule has 1 atom stereocenters. The third kappa shape index (κ3) is 3.85. The van der Waals surface area contributed by atoms with Crippen molar-refractivity contribution in [3.8, 4) is 0 Å². The molecule has 0 radical (unpaired) electrons. The molecule has 1 aliphatic rings. The molecule has 1 saturated heterocycles. The van der Waals surface area contributed by atoms with Crippen LogP contribution >= 0.6 is 11.6 Å². The van der Waals surface area contributed by atoms with Crippen molar-refractivity contribution in [1.82, 2.24) is 14.9 Å². The number of rotatable bonds is 3. The van der Waals surface area contributed by atoms with Crippen molar-refractivity contribution in [2.45, 2.75) is 26.7 Å². The zero-order valence-corrected chi connectivity index (χ0v) is 14.7. The number of carbonyl (C=O) groups excluding carboxylic acids is 1. The molecule has 5 nitrogen and oxygen atoms in total. The Bertz CT molecular complexity index is 732. The lowest BCUT2D eigenvalue weighted by Crippen LogP contribution is -2.39. The first-order valence-corrected chi connectivity index (χ1v) is 8.55. The number of amides is 1. The number of carbonyl (C=O) groups is 1. The Morgan fingerprint density at radius 1 is 1.33 bits per heavy atom. The van der Waals surface area contributed by atoms with Crippen molar-refractivity contribution < 1.29 is 4.79 Å². The average molecular weight is 345 g/mol. The molecule has 0 saturated carbocycles. The van der Waals surface area contributed by atoms with Gasteiger partial charge >= 0.3 is 0 Å². The van der Waals surface area contributed by atoms with E-state index in [9.17, 15) is 4.79 Å². The van der Waals surface area contributed by atoms with E-state index in [0.717, 1.165) is 30.9 Å². The highest BCUT2D eigenvalue weighted by atomic mass is 35.5. The topological polar surface area (TPSA) is 58.1 Å². The number of hydrogen-bond acceptors (Lipinski definition) is 4. The number of halogens is 1. The number of hydrogen-bond donors (Lipinski definition) is 1. The highest BCUT2D eigenvalue weighted by Gasteiger charge is 2.22. The molecule has 3 heterocycles. The molecule has 1 aliphatic heterocycles. The van der Waals surface area contributed by atoms with Crippen molar-refractivity contribution >= 4 is 29.0 Å². The van der Waals surface area contributed by atoms with E-state index in [-0.39, 0.29) is 5.91 Å². The molecule has 2 aromatic heterocycles. The lowest BCUT2D eigenvalue weighted by atomic mass is 10.00. The van der Waals surface area contributed by atoms with Gasteiger partial charge in [0.15, 0.2) is 0 Å². The van der Waals surface area contributed by atoms with Crippen molar-refractivity contribution in [2.24, 2.45) is 5.92 Å². The van der Waals surface area contributed by atoms with Crippen LogP contribution in [0.3, 0.4) is 0 Å². The molecule has 6 heteroatoms. The lowest BCUT2D eigenvalue weighted by Gasteiger charge is -2.31. The van der Waals surface area contributed by atoms with E-state index in [2.05, 4.69) is 22.2 Å². The maximum Gasteiger partial charge on any atom is 0.255 e. The number of pyridine rings is 2. The first kappa shape index (κ1) is 16.7. The van der Waals surface area contributed by atoms with Gasteiger partial charge in [-0.25, -0.2) is 4.98 Å². The number of likely N-dealkylation sites (tertiary alicyclic amines) is 1. The molecule has 24 heavy (non-hydrogen) atoms. The Morgan fingerprint density at radius 3 is 2.83 bits per heavy atom. The summed E-state index contributed by atoms with van der Waals surface area (Å²) in [6.45, 7) is 5.70. The summed E-state index contributed by atoms with van der Waals surface area (Å²) in [5, 5.41) is 3.54. The summed E-state index contributed by atoms with van der Waals surface area (Å²) in [5.74, 6) is 1.06. The van der Waals surface area contributed by atoms with Crippen LogP contribution < -0.4 is 5.32 Å². The second-order valence-electron chi connectivity index (χ2n) is 6.37. The van der Waals surface area contributed by atoms with Crippen molar-refractivity contribution in [2.75, 3.05) is 18.4 Å². The van der Waals surface area contributed by atoms with Gasteiger partial charge in [0.25, 0.3) is 5.91 Å². The first-order chi connectivity index (χ1) is 11.5. The molecule has 0 aromatic carbocycles. The van der Waals surface area contributed by atoms with Crippen molar-refractivity contribution in [1.29, 1.82) is 0 Å². The molecule has 126 valence electrons. The van der Waals surface area contributed by atoms with E-state index in [1.165, 1.54) is 6.42 Å². The SMILES string of the molecule is Cc1ccc(Nc2ncc(C(=O)N3CCC[C@H](C)C3)cc2Cl)cn1. The number of anilines is 2. The van der Waals surface area contributed by atoms with Crippen LogP contribution in [0, 0.1) is 12.8 Å². The average Bonchev–Trinajstić information content (AvgIpc) is 2.58. The fourth-order valence-corrected chi connectivity index (χ4v) is 3.10. The van der Waals surface area contributed by atoms with E-state index in [0.29, 0.717) is 22.3 Å². The van der Waals surface area contributed by atoms with Gasteiger partial charge in [0.2, 0.25) is 0 Å². The van der Waals surface area contributed by atoms with E-state index in [1.54, 1.807) is 18.5 Å². The number of aromatic nitrogens is 2. The van der Waals surface area contributed by atoms with Gasteiger partial charge in [-0.2, -0.15) is 0 Å². The number of nitrogens with zero attached hydrogens (tertiary/aromatic N) is 3. The van der Waals surface area contributed by atoms with E-state index in [1.807, 2.05) is 24.0 Å². The summed E-state index contributed by atoms with van der Waals surface area (Å²) >= 11 is 6.31. The van der Waals surface area contributed by atoms with Gasteiger partial charge < -0.3 is 10.2 Å². The molecule has 2 aromatic rings. The Morgan fingerprint density at radius 2 is 2.17 bits per heavy atom. The summed E-state index contributed by atoms with van der Waals surface area (Å²) in [6, 6.07) is 5.50. The Labute approximate surface area is 147 Å². The van der Waals surface area contributed by atoms with Crippen molar-refractivity contribution in [3.05, 3.63) is 46.9 Å². The largest absolute Gasteiger partial charge is 0.338 e. The lowest BCUT2D eigenvalue weighted by molar-refractivity contribution is 0.0682. The van der Waals surface area contributed by atoms with Crippen LogP contribution in [0.1, 0.15) is 35.8 Å². The predicted octanol–water partition coefficient (Wildman–Crippen LogP) is 4.05. The minimum Gasteiger partial charge on any atom is -0.338 e. The Balaban J connectivity index is 1.74. The molecule has 0 bridgehead atoms. The van der Waals surface area contributed by atoms with Gasteiger partial charge in [-0.05, 0) is 43.9 Å². The summed E-state index contributed by atoms with van der Waals surface area (Å²) in [7, 11) is 0. The minimum atomic E-state index is -0.000461.